The lowest BCUT2D eigenvalue weighted by Crippen LogP contribution is -2.26. The number of hydrogen-bond donors (Lipinski definition) is 1. The van der Waals surface area contributed by atoms with E-state index in [0.717, 1.165) is 4.88 Å². The van der Waals surface area contributed by atoms with Crippen LogP contribution in [0.5, 0.6) is 0 Å². The van der Waals surface area contributed by atoms with Gasteiger partial charge in [-0.25, -0.2) is 9.59 Å². The van der Waals surface area contributed by atoms with Gasteiger partial charge in [0.25, 0.3) is 0 Å². The maximum Gasteiger partial charge on any atom is 0.509 e. The molecular formula is C17H22N2O5S. The Kier molecular flexibility index (Phi) is 8.42. The molecule has 8 heteroatoms. The number of carbonyl (C=O) groups excluding carboxylic acids is 2. The van der Waals surface area contributed by atoms with Gasteiger partial charge in [0.15, 0.2) is 13.3 Å². The normalized spacial score (nSPS) is 12.5. The number of allylic oxidation sites excluding steroid dienone is 2. The second-order valence-corrected chi connectivity index (χ2v) is 6.72. The van der Waals surface area contributed by atoms with Crippen LogP contribution >= 0.6 is 11.3 Å². The van der Waals surface area contributed by atoms with Crippen molar-refractivity contribution in [1.29, 1.82) is 0 Å². The zero-order valence-corrected chi connectivity index (χ0v) is 15.2. The first-order valence-electron chi connectivity index (χ1n) is 7.45. The number of rotatable bonds is 7. The summed E-state index contributed by atoms with van der Waals surface area (Å²) in [5.41, 5.74) is 5.60. The van der Waals surface area contributed by atoms with Crippen molar-refractivity contribution in [3.05, 3.63) is 40.2 Å². The van der Waals surface area contributed by atoms with Crippen molar-refractivity contribution < 1.29 is 23.8 Å². The van der Waals surface area contributed by atoms with E-state index in [1.54, 1.807) is 44.3 Å². The average Bonchev–Trinajstić information content (AvgIpc) is 3.02. The molecule has 0 aromatic carbocycles. The van der Waals surface area contributed by atoms with Crippen molar-refractivity contribution in [2.45, 2.75) is 26.4 Å². The minimum atomic E-state index is -0.929. The molecule has 0 aliphatic carbocycles. The van der Waals surface area contributed by atoms with Gasteiger partial charge in [0, 0.05) is 16.8 Å². The van der Waals surface area contributed by atoms with Crippen molar-refractivity contribution in [2.24, 2.45) is 10.7 Å². The molecule has 1 rings (SSSR count). The first-order chi connectivity index (χ1) is 11.8. The number of nitrogens with zero attached hydrogens (tertiary/aromatic N) is 1. The van der Waals surface area contributed by atoms with E-state index in [-0.39, 0.29) is 6.73 Å². The average molecular weight is 366 g/mol. The van der Waals surface area contributed by atoms with Crippen molar-refractivity contribution in [3.63, 3.8) is 0 Å². The zero-order valence-electron chi connectivity index (χ0n) is 14.4. The number of ether oxygens (including phenoxy) is 3. The van der Waals surface area contributed by atoms with E-state index in [9.17, 15) is 9.59 Å². The Morgan fingerprint density at radius 1 is 1.32 bits per heavy atom. The summed E-state index contributed by atoms with van der Waals surface area (Å²) in [6.45, 7) is 4.34. The van der Waals surface area contributed by atoms with E-state index >= 15 is 0 Å². The van der Waals surface area contributed by atoms with Crippen LogP contribution in [0, 0.1) is 0 Å². The van der Waals surface area contributed by atoms with Crippen molar-refractivity contribution in [3.8, 4) is 0 Å². The van der Waals surface area contributed by atoms with E-state index in [0.29, 0.717) is 5.70 Å². The van der Waals surface area contributed by atoms with Gasteiger partial charge in [-0.05, 0) is 50.4 Å². The van der Waals surface area contributed by atoms with Gasteiger partial charge in [0.05, 0.1) is 0 Å². The van der Waals surface area contributed by atoms with Gasteiger partial charge in [0.2, 0.25) is 0 Å². The van der Waals surface area contributed by atoms with Crippen LogP contribution in [0.2, 0.25) is 0 Å². The quantitative estimate of drug-likeness (QED) is 0.452. The number of aliphatic imine (C=N–C) groups is 1. The summed E-state index contributed by atoms with van der Waals surface area (Å²) in [7, 11) is 0. The number of nitrogens with two attached hydrogens (primary N) is 1. The molecule has 0 aliphatic rings. The van der Waals surface area contributed by atoms with Gasteiger partial charge in [-0.2, -0.15) is 0 Å². The maximum absolute atomic E-state index is 11.4. The molecule has 0 atom stereocenters. The Morgan fingerprint density at radius 3 is 2.72 bits per heavy atom. The lowest BCUT2D eigenvalue weighted by molar-refractivity contribution is -0.148. The molecule has 0 saturated heterocycles. The summed E-state index contributed by atoms with van der Waals surface area (Å²) in [4.78, 5) is 27.6. The van der Waals surface area contributed by atoms with Crippen LogP contribution in [0.4, 0.5) is 4.79 Å². The van der Waals surface area contributed by atoms with Crippen LogP contribution in [-0.4, -0.2) is 37.3 Å². The Hall–Kier alpha value is -2.61. The molecular weight excluding hydrogens is 344 g/mol. The van der Waals surface area contributed by atoms with E-state index in [1.165, 1.54) is 6.21 Å². The fourth-order valence-electron chi connectivity index (χ4n) is 1.35. The molecule has 0 saturated carbocycles. The Morgan fingerprint density at radius 2 is 2.08 bits per heavy atom. The smallest absolute Gasteiger partial charge is 0.440 e. The summed E-state index contributed by atoms with van der Waals surface area (Å²) in [5.74, 6) is -0.724. The second kappa shape index (κ2) is 10.3. The van der Waals surface area contributed by atoms with Crippen LogP contribution < -0.4 is 5.73 Å². The van der Waals surface area contributed by atoms with Crippen molar-refractivity contribution in [2.75, 3.05) is 13.3 Å². The topological polar surface area (TPSA) is 100 Å². The van der Waals surface area contributed by atoms with Crippen LogP contribution in [0.3, 0.4) is 0 Å². The fourth-order valence-corrected chi connectivity index (χ4v) is 1.97. The van der Waals surface area contributed by atoms with Crippen LogP contribution in [0.1, 0.15) is 25.6 Å². The third kappa shape index (κ3) is 10.7. The molecule has 25 heavy (non-hydrogen) atoms. The molecule has 0 unspecified atom stereocenters. The molecule has 0 bridgehead atoms. The van der Waals surface area contributed by atoms with Crippen molar-refractivity contribution >= 4 is 35.8 Å². The lowest BCUT2D eigenvalue weighted by atomic mass is 10.2. The molecule has 7 nitrogen and oxygen atoms in total. The minimum absolute atomic E-state index is 0.199. The minimum Gasteiger partial charge on any atom is -0.440 e. The summed E-state index contributed by atoms with van der Waals surface area (Å²) < 4.78 is 14.3. The van der Waals surface area contributed by atoms with Gasteiger partial charge in [-0.1, -0.05) is 6.07 Å². The van der Waals surface area contributed by atoms with Gasteiger partial charge < -0.3 is 19.9 Å². The first-order valence-corrected chi connectivity index (χ1v) is 8.33. The van der Waals surface area contributed by atoms with Crippen LogP contribution in [-0.2, 0) is 19.0 Å². The molecule has 0 fully saturated rings. The highest BCUT2D eigenvalue weighted by molar-refractivity contribution is 7.10. The predicted molar refractivity (Wildman–Crippen MR) is 97.3 cm³/mol. The molecule has 136 valence electrons. The monoisotopic (exact) mass is 366 g/mol. The van der Waals surface area contributed by atoms with Gasteiger partial charge in [-0.3, -0.25) is 4.99 Å². The Labute approximate surface area is 150 Å². The molecule has 1 heterocycles. The second-order valence-electron chi connectivity index (χ2n) is 5.75. The third-order valence-electron chi connectivity index (χ3n) is 2.35. The Bertz CT molecular complexity index is 642. The number of esters is 1. The largest absolute Gasteiger partial charge is 0.509 e. The van der Waals surface area contributed by atoms with E-state index in [4.69, 9.17) is 15.2 Å². The molecule has 0 amide bonds. The van der Waals surface area contributed by atoms with Crippen molar-refractivity contribution in [1.82, 2.24) is 0 Å². The number of carbonyl (C=O) groups is 2. The zero-order chi connectivity index (χ0) is 18.7. The predicted octanol–water partition coefficient (Wildman–Crippen LogP) is 3.13. The molecule has 0 spiro atoms. The molecule has 2 N–H and O–H groups in total. The molecule has 1 aromatic heterocycles. The van der Waals surface area contributed by atoms with Crippen LogP contribution in [0.15, 0.2) is 40.4 Å². The summed E-state index contributed by atoms with van der Waals surface area (Å²) in [6.07, 6.45) is 5.71. The highest BCUT2D eigenvalue weighted by atomic mass is 32.1. The molecule has 0 aliphatic heterocycles. The van der Waals surface area contributed by atoms with E-state index < -0.39 is 24.3 Å². The highest BCUT2D eigenvalue weighted by Crippen LogP contribution is 2.10. The number of hydrogen-bond acceptors (Lipinski definition) is 8. The highest BCUT2D eigenvalue weighted by Gasteiger charge is 2.18. The summed E-state index contributed by atoms with van der Waals surface area (Å²) in [5, 5.41) is 1.97. The summed E-state index contributed by atoms with van der Waals surface area (Å²) in [6, 6.07) is 3.92. The lowest BCUT2D eigenvalue weighted by Gasteiger charge is -2.18. The number of thiophene rings is 1. The van der Waals surface area contributed by atoms with E-state index in [2.05, 4.69) is 9.73 Å². The maximum atomic E-state index is 11.4. The summed E-state index contributed by atoms with van der Waals surface area (Å²) >= 11 is 1.60. The first kappa shape index (κ1) is 20.4. The SMILES string of the molecule is CC(C)(C)OC(=O)OCC(=O)OC/N=C/C=C(N)/C=C/c1cccs1. The van der Waals surface area contributed by atoms with Gasteiger partial charge in [-0.15, -0.1) is 11.3 Å². The molecule has 0 radical (unpaired) electrons. The standard InChI is InChI=1S/C17H22N2O5S/c1-17(2,3)24-16(21)22-11-15(20)23-12-19-9-8-13(18)6-7-14-5-4-10-25-14/h4-10H,11-12,18H2,1-3H3/b7-6+,13-8-,19-9+. The van der Waals surface area contributed by atoms with E-state index in [1.807, 2.05) is 23.6 Å². The van der Waals surface area contributed by atoms with Gasteiger partial charge >= 0.3 is 12.1 Å². The fraction of sp³-hybridized carbons (Fsp3) is 0.353. The van der Waals surface area contributed by atoms with Crippen LogP contribution in [0.25, 0.3) is 6.08 Å². The molecule has 1 aromatic rings. The van der Waals surface area contributed by atoms with Gasteiger partial charge in [0.1, 0.15) is 5.60 Å². The Balaban J connectivity index is 2.22. The third-order valence-corrected chi connectivity index (χ3v) is 3.19.